The molecule has 1 aromatic carbocycles. The van der Waals surface area contributed by atoms with Crippen molar-refractivity contribution in [3.8, 4) is 11.1 Å². The highest BCUT2D eigenvalue weighted by Gasteiger charge is 2.16. The first-order valence-electron chi connectivity index (χ1n) is 8.76. The number of anilines is 2. The van der Waals surface area contributed by atoms with Gasteiger partial charge in [-0.3, -0.25) is 9.78 Å². The highest BCUT2D eigenvalue weighted by molar-refractivity contribution is 5.93. The van der Waals surface area contributed by atoms with Gasteiger partial charge in [0.15, 0.2) is 0 Å². The first-order valence-corrected chi connectivity index (χ1v) is 8.76. The Bertz CT molecular complexity index is 1070. The van der Waals surface area contributed by atoms with Crippen LogP contribution in [0.3, 0.4) is 0 Å². The topological polar surface area (TPSA) is 130 Å². The van der Waals surface area contributed by atoms with E-state index in [0.29, 0.717) is 28.5 Å². The van der Waals surface area contributed by atoms with Crippen LogP contribution in [-0.4, -0.2) is 26.0 Å². The molecule has 3 aromatic rings. The first kappa shape index (κ1) is 16.3. The molecule has 134 valence electrons. The fourth-order valence-electron chi connectivity index (χ4n) is 3.49. The van der Waals surface area contributed by atoms with Crippen molar-refractivity contribution < 1.29 is 0 Å². The average molecular weight is 352 g/mol. The van der Waals surface area contributed by atoms with Crippen molar-refractivity contribution >= 4 is 22.7 Å². The predicted molar refractivity (Wildman–Crippen MR) is 101 cm³/mol. The van der Waals surface area contributed by atoms with Crippen molar-refractivity contribution in [1.29, 1.82) is 0 Å². The SMILES string of the molecule is Nc1nc(NC2CCCCC2)c2cc(-c3c[nH]c(=O)[nH]c3=O)ccc2n1. The minimum absolute atomic E-state index is 0.213. The number of aromatic nitrogens is 4. The molecule has 2 aromatic heterocycles. The summed E-state index contributed by atoms with van der Waals surface area (Å²) in [5.41, 5.74) is 6.66. The minimum Gasteiger partial charge on any atom is -0.368 e. The third kappa shape index (κ3) is 3.17. The van der Waals surface area contributed by atoms with E-state index in [-0.39, 0.29) is 5.95 Å². The van der Waals surface area contributed by atoms with Gasteiger partial charge < -0.3 is 16.0 Å². The minimum atomic E-state index is -0.532. The van der Waals surface area contributed by atoms with Crippen LogP contribution in [0, 0.1) is 0 Å². The van der Waals surface area contributed by atoms with Crippen molar-refractivity contribution in [1.82, 2.24) is 19.9 Å². The van der Waals surface area contributed by atoms with Gasteiger partial charge in [-0.2, -0.15) is 4.98 Å². The van der Waals surface area contributed by atoms with Crippen LogP contribution in [0.2, 0.25) is 0 Å². The lowest BCUT2D eigenvalue weighted by Crippen LogP contribution is -2.23. The zero-order valence-electron chi connectivity index (χ0n) is 14.2. The second kappa shape index (κ2) is 6.62. The number of rotatable bonds is 3. The third-order valence-electron chi connectivity index (χ3n) is 4.79. The largest absolute Gasteiger partial charge is 0.368 e. The summed E-state index contributed by atoms with van der Waals surface area (Å²) in [6, 6.07) is 5.80. The molecule has 26 heavy (non-hydrogen) atoms. The van der Waals surface area contributed by atoms with Gasteiger partial charge in [-0.25, -0.2) is 9.78 Å². The number of nitrogens with one attached hydrogen (secondary N) is 3. The molecule has 5 N–H and O–H groups in total. The van der Waals surface area contributed by atoms with E-state index in [1.807, 2.05) is 6.07 Å². The van der Waals surface area contributed by atoms with Gasteiger partial charge in [-0.1, -0.05) is 25.3 Å². The van der Waals surface area contributed by atoms with Gasteiger partial charge in [0.2, 0.25) is 5.95 Å². The molecule has 4 rings (SSSR count). The molecule has 0 atom stereocenters. The molecule has 1 aliphatic rings. The van der Waals surface area contributed by atoms with Crippen LogP contribution in [0.25, 0.3) is 22.0 Å². The Morgan fingerprint density at radius 1 is 1.12 bits per heavy atom. The normalized spacial score (nSPS) is 15.2. The monoisotopic (exact) mass is 352 g/mol. The third-order valence-corrected chi connectivity index (χ3v) is 4.79. The quantitative estimate of drug-likeness (QED) is 0.570. The maximum absolute atomic E-state index is 12.1. The Morgan fingerprint density at radius 2 is 1.92 bits per heavy atom. The van der Waals surface area contributed by atoms with Crippen LogP contribution in [-0.2, 0) is 0 Å². The average Bonchev–Trinajstić information content (AvgIpc) is 2.62. The van der Waals surface area contributed by atoms with Crippen molar-refractivity contribution in [2.75, 3.05) is 11.1 Å². The Kier molecular flexibility index (Phi) is 4.16. The van der Waals surface area contributed by atoms with E-state index in [9.17, 15) is 9.59 Å². The number of nitrogens with zero attached hydrogens (tertiary/aromatic N) is 2. The second-order valence-electron chi connectivity index (χ2n) is 6.63. The van der Waals surface area contributed by atoms with Crippen molar-refractivity contribution in [2.45, 2.75) is 38.1 Å². The molecule has 1 saturated carbocycles. The van der Waals surface area contributed by atoms with Crippen molar-refractivity contribution in [3.63, 3.8) is 0 Å². The molecular formula is C18H20N6O2. The molecule has 2 heterocycles. The van der Waals surface area contributed by atoms with E-state index in [1.165, 1.54) is 25.5 Å². The number of hydrogen-bond acceptors (Lipinski definition) is 6. The van der Waals surface area contributed by atoms with E-state index in [2.05, 4.69) is 25.3 Å². The molecule has 0 saturated heterocycles. The van der Waals surface area contributed by atoms with Crippen LogP contribution in [0.1, 0.15) is 32.1 Å². The van der Waals surface area contributed by atoms with Crippen LogP contribution in [0.4, 0.5) is 11.8 Å². The van der Waals surface area contributed by atoms with Gasteiger partial charge in [0.05, 0.1) is 11.1 Å². The standard InChI is InChI=1S/C18H20N6O2/c19-17-22-14-7-6-10(13-9-20-18(26)24-16(13)25)8-12(14)15(23-17)21-11-4-2-1-3-5-11/h6-9,11H,1-5H2,(H3,19,21,22,23)(H2,20,24,25,26). The van der Waals surface area contributed by atoms with Crippen LogP contribution < -0.4 is 22.3 Å². The fraction of sp³-hybridized carbons (Fsp3) is 0.333. The summed E-state index contributed by atoms with van der Waals surface area (Å²) in [5.74, 6) is 0.896. The molecule has 1 aliphatic carbocycles. The summed E-state index contributed by atoms with van der Waals surface area (Å²) in [7, 11) is 0. The zero-order valence-corrected chi connectivity index (χ0v) is 14.2. The van der Waals surface area contributed by atoms with Gasteiger partial charge in [0.1, 0.15) is 5.82 Å². The number of benzene rings is 1. The molecule has 8 heteroatoms. The molecule has 0 unspecified atom stereocenters. The number of aromatic amines is 2. The first-order chi connectivity index (χ1) is 12.6. The molecule has 0 spiro atoms. The Hall–Kier alpha value is -3.16. The van der Waals surface area contributed by atoms with Gasteiger partial charge in [-0.15, -0.1) is 0 Å². The smallest absolute Gasteiger partial charge is 0.325 e. The number of hydrogen-bond donors (Lipinski definition) is 4. The summed E-state index contributed by atoms with van der Waals surface area (Å²) in [6.07, 6.45) is 7.29. The lowest BCUT2D eigenvalue weighted by molar-refractivity contribution is 0.462. The molecule has 0 bridgehead atoms. The maximum atomic E-state index is 12.1. The number of nitrogen functional groups attached to an aromatic ring is 1. The Morgan fingerprint density at radius 3 is 2.69 bits per heavy atom. The second-order valence-corrected chi connectivity index (χ2v) is 6.63. The summed E-state index contributed by atoms with van der Waals surface area (Å²) in [4.78, 5) is 36.7. The number of H-pyrrole nitrogens is 2. The van der Waals surface area contributed by atoms with E-state index in [0.717, 1.165) is 18.2 Å². The summed E-state index contributed by atoms with van der Waals surface area (Å²) < 4.78 is 0. The van der Waals surface area contributed by atoms with Gasteiger partial charge in [0, 0.05) is 17.6 Å². The summed E-state index contributed by atoms with van der Waals surface area (Å²) >= 11 is 0. The maximum Gasteiger partial charge on any atom is 0.325 e. The van der Waals surface area contributed by atoms with Gasteiger partial charge >= 0.3 is 5.69 Å². The van der Waals surface area contributed by atoms with Gasteiger partial charge in [0.25, 0.3) is 5.56 Å². The van der Waals surface area contributed by atoms with E-state index < -0.39 is 11.2 Å². The van der Waals surface area contributed by atoms with Gasteiger partial charge in [-0.05, 0) is 30.5 Å². The van der Waals surface area contributed by atoms with Crippen molar-refractivity contribution in [2.24, 2.45) is 0 Å². The molecule has 8 nitrogen and oxygen atoms in total. The highest BCUT2D eigenvalue weighted by Crippen LogP contribution is 2.28. The van der Waals surface area contributed by atoms with Crippen LogP contribution in [0.5, 0.6) is 0 Å². The van der Waals surface area contributed by atoms with E-state index >= 15 is 0 Å². The predicted octanol–water partition coefficient (Wildman–Crippen LogP) is 2.00. The number of fused-ring (bicyclic) bond motifs is 1. The molecule has 0 amide bonds. The summed E-state index contributed by atoms with van der Waals surface area (Å²) in [5, 5.41) is 4.29. The lowest BCUT2D eigenvalue weighted by atomic mass is 9.95. The zero-order chi connectivity index (χ0) is 18.1. The van der Waals surface area contributed by atoms with Crippen molar-refractivity contribution in [3.05, 3.63) is 45.2 Å². The molecular weight excluding hydrogens is 332 g/mol. The molecule has 1 fully saturated rings. The van der Waals surface area contributed by atoms with Crippen LogP contribution >= 0.6 is 0 Å². The molecule has 0 radical (unpaired) electrons. The summed E-state index contributed by atoms with van der Waals surface area (Å²) in [6.45, 7) is 0. The number of nitrogens with two attached hydrogens (primary N) is 1. The highest BCUT2D eigenvalue weighted by atomic mass is 16.2. The van der Waals surface area contributed by atoms with E-state index in [1.54, 1.807) is 12.1 Å². The molecule has 0 aliphatic heterocycles. The fourth-order valence-corrected chi connectivity index (χ4v) is 3.49. The van der Waals surface area contributed by atoms with Crippen LogP contribution in [0.15, 0.2) is 34.0 Å². The van der Waals surface area contributed by atoms with E-state index in [4.69, 9.17) is 5.73 Å². The Labute approximate surface area is 148 Å². The lowest BCUT2D eigenvalue weighted by Gasteiger charge is -2.24. The Balaban J connectivity index is 1.80.